The lowest BCUT2D eigenvalue weighted by Gasteiger charge is -2.34. The number of carbonyl (C=O) groups is 1. The maximum Gasteiger partial charge on any atom is 0.123 e. The van der Waals surface area contributed by atoms with E-state index in [1.807, 2.05) is 0 Å². The van der Waals surface area contributed by atoms with Crippen LogP contribution < -0.4 is 0 Å². The van der Waals surface area contributed by atoms with Crippen molar-refractivity contribution in [2.45, 2.75) is 20.3 Å². The largest absolute Gasteiger partial charge is 0.303 e. The van der Waals surface area contributed by atoms with Crippen molar-refractivity contribution in [2.75, 3.05) is 0 Å². The average molecular weight is 150 g/mol. The van der Waals surface area contributed by atoms with Crippen molar-refractivity contribution in [1.29, 1.82) is 0 Å². The minimum Gasteiger partial charge on any atom is -0.303 e. The highest BCUT2D eigenvalue weighted by Gasteiger charge is 2.86. The molecule has 2 bridgehead atoms. The Morgan fingerprint density at radius 2 is 2.09 bits per heavy atom. The van der Waals surface area contributed by atoms with Gasteiger partial charge in [-0.25, -0.2) is 0 Å². The van der Waals surface area contributed by atoms with Crippen LogP contribution in [0.15, 0.2) is 0 Å². The van der Waals surface area contributed by atoms with Crippen LogP contribution in [0, 0.1) is 35.0 Å². The molecule has 4 aliphatic rings. The molecule has 0 N–H and O–H groups in total. The van der Waals surface area contributed by atoms with Crippen LogP contribution in [0.5, 0.6) is 0 Å². The molecule has 0 amide bonds. The van der Waals surface area contributed by atoms with E-state index in [0.717, 1.165) is 23.2 Å². The Hall–Kier alpha value is -0.330. The summed E-state index contributed by atoms with van der Waals surface area (Å²) in [5, 5.41) is 0. The van der Waals surface area contributed by atoms with Gasteiger partial charge in [0.25, 0.3) is 0 Å². The van der Waals surface area contributed by atoms with Crippen molar-refractivity contribution in [3.8, 4) is 0 Å². The van der Waals surface area contributed by atoms with Gasteiger partial charge in [0, 0.05) is 5.92 Å². The molecule has 0 aromatic rings. The molecule has 4 rings (SSSR count). The molecule has 4 aliphatic carbocycles. The van der Waals surface area contributed by atoms with Gasteiger partial charge in [0.05, 0.1) is 0 Å². The van der Waals surface area contributed by atoms with E-state index in [1.165, 1.54) is 12.7 Å². The first kappa shape index (κ1) is 6.22. The van der Waals surface area contributed by atoms with Crippen molar-refractivity contribution >= 4 is 6.29 Å². The van der Waals surface area contributed by atoms with Crippen molar-refractivity contribution in [3.63, 3.8) is 0 Å². The number of hydrogen-bond donors (Lipinski definition) is 0. The minimum absolute atomic E-state index is 0.400. The van der Waals surface area contributed by atoms with Gasteiger partial charge in [0.1, 0.15) is 6.29 Å². The van der Waals surface area contributed by atoms with E-state index in [0.29, 0.717) is 11.8 Å². The molecule has 0 heterocycles. The predicted octanol–water partition coefficient (Wildman–Crippen LogP) is 1.72. The van der Waals surface area contributed by atoms with Crippen LogP contribution in [0.3, 0.4) is 0 Å². The summed E-state index contributed by atoms with van der Waals surface area (Å²) in [5.74, 6) is 3.99. The molecule has 0 aliphatic heterocycles. The molecule has 6 atom stereocenters. The second-order valence-corrected chi connectivity index (χ2v) is 4.92. The van der Waals surface area contributed by atoms with Crippen LogP contribution in [0.25, 0.3) is 0 Å². The summed E-state index contributed by atoms with van der Waals surface area (Å²) in [6, 6.07) is 0. The monoisotopic (exact) mass is 150 g/mol. The third-order valence-corrected chi connectivity index (χ3v) is 4.78. The number of carbonyl (C=O) groups excluding carboxylic acids is 1. The molecular weight excluding hydrogens is 136 g/mol. The maximum atomic E-state index is 10.7. The second kappa shape index (κ2) is 1.41. The van der Waals surface area contributed by atoms with E-state index in [9.17, 15) is 4.79 Å². The van der Waals surface area contributed by atoms with Crippen molar-refractivity contribution < 1.29 is 4.79 Å². The fourth-order valence-electron chi connectivity index (χ4n) is 3.89. The van der Waals surface area contributed by atoms with Gasteiger partial charge in [0.15, 0.2) is 0 Å². The van der Waals surface area contributed by atoms with E-state index in [1.54, 1.807) is 0 Å². The van der Waals surface area contributed by atoms with Gasteiger partial charge in [-0.2, -0.15) is 0 Å². The number of hydrogen-bond acceptors (Lipinski definition) is 1. The molecule has 60 valence electrons. The highest BCUT2D eigenvalue weighted by atomic mass is 16.1. The highest BCUT2D eigenvalue weighted by Crippen LogP contribution is 2.90. The fraction of sp³-hybridized carbons (Fsp3) is 0.900. The summed E-state index contributed by atoms with van der Waals surface area (Å²) in [4.78, 5) is 10.7. The van der Waals surface area contributed by atoms with Gasteiger partial charge < -0.3 is 4.79 Å². The normalized spacial score (nSPS) is 70.2. The first-order valence-corrected chi connectivity index (χ1v) is 4.66. The Labute approximate surface area is 67.2 Å². The molecule has 11 heavy (non-hydrogen) atoms. The first-order valence-electron chi connectivity index (χ1n) is 4.66. The van der Waals surface area contributed by atoms with E-state index in [4.69, 9.17) is 0 Å². The lowest BCUT2D eigenvalue weighted by atomic mass is 9.70. The molecule has 0 aromatic carbocycles. The Morgan fingerprint density at radius 3 is 2.55 bits per heavy atom. The smallest absolute Gasteiger partial charge is 0.123 e. The van der Waals surface area contributed by atoms with Gasteiger partial charge in [-0.1, -0.05) is 13.8 Å². The summed E-state index contributed by atoms with van der Waals surface area (Å²) < 4.78 is 0. The quantitative estimate of drug-likeness (QED) is 0.520. The molecule has 0 spiro atoms. The maximum absolute atomic E-state index is 10.7. The Morgan fingerprint density at radius 1 is 1.45 bits per heavy atom. The van der Waals surface area contributed by atoms with Crippen molar-refractivity contribution in [2.24, 2.45) is 35.0 Å². The van der Waals surface area contributed by atoms with Gasteiger partial charge in [-0.15, -0.1) is 0 Å². The van der Waals surface area contributed by atoms with Crippen LogP contribution >= 0.6 is 0 Å². The number of rotatable bonds is 1. The van der Waals surface area contributed by atoms with Gasteiger partial charge >= 0.3 is 0 Å². The standard InChI is InChI=1S/C10H14O/c1-5-6(4-11)3-7-9-8(5)10(7,9)2/h4-9H,3H2,1-2H3/t5-,6-,7+,8-,9?,10?/m1/s1. The molecule has 2 unspecified atom stereocenters. The van der Waals surface area contributed by atoms with Crippen molar-refractivity contribution in [3.05, 3.63) is 0 Å². The minimum atomic E-state index is 0.400. The second-order valence-electron chi connectivity index (χ2n) is 4.92. The van der Waals surface area contributed by atoms with Gasteiger partial charge in [0.2, 0.25) is 0 Å². The van der Waals surface area contributed by atoms with Crippen LogP contribution in [0.2, 0.25) is 0 Å². The highest BCUT2D eigenvalue weighted by molar-refractivity contribution is 5.57. The summed E-state index contributed by atoms with van der Waals surface area (Å²) in [7, 11) is 0. The number of aldehydes is 1. The molecule has 0 aromatic heterocycles. The summed E-state index contributed by atoms with van der Waals surface area (Å²) in [6.07, 6.45) is 2.38. The molecule has 1 heteroatoms. The van der Waals surface area contributed by atoms with Crippen LogP contribution in [0.4, 0.5) is 0 Å². The van der Waals surface area contributed by atoms with E-state index >= 15 is 0 Å². The molecule has 0 radical (unpaired) electrons. The van der Waals surface area contributed by atoms with E-state index in [-0.39, 0.29) is 0 Å². The zero-order valence-electron chi connectivity index (χ0n) is 7.08. The summed E-state index contributed by atoms with van der Waals surface area (Å²) in [6.45, 7) is 4.67. The zero-order chi connectivity index (χ0) is 7.80. The molecular formula is C10H14O. The van der Waals surface area contributed by atoms with Crippen molar-refractivity contribution in [1.82, 2.24) is 0 Å². The summed E-state index contributed by atoms with van der Waals surface area (Å²) in [5.41, 5.74) is 0.721. The third kappa shape index (κ3) is 0.447. The predicted molar refractivity (Wildman–Crippen MR) is 41.9 cm³/mol. The van der Waals surface area contributed by atoms with E-state index < -0.39 is 0 Å². The molecule has 4 saturated carbocycles. The molecule has 1 nitrogen and oxygen atoms in total. The fourth-order valence-corrected chi connectivity index (χ4v) is 3.89. The number of fused-ring (bicyclic) bond motifs is 2. The zero-order valence-corrected chi connectivity index (χ0v) is 7.08. The van der Waals surface area contributed by atoms with Crippen LogP contribution in [-0.4, -0.2) is 6.29 Å². The topological polar surface area (TPSA) is 17.1 Å². The van der Waals surface area contributed by atoms with Gasteiger partial charge in [-0.05, 0) is 35.5 Å². The summed E-state index contributed by atoms with van der Waals surface area (Å²) >= 11 is 0. The van der Waals surface area contributed by atoms with Crippen LogP contribution in [0.1, 0.15) is 20.3 Å². The molecule has 4 fully saturated rings. The Balaban J connectivity index is 1.86. The Bertz CT molecular complexity index is 235. The SMILES string of the molecule is C[C@@H]1[C@@H](C=O)C[C@H]2C3[C@@H]1C32C. The van der Waals surface area contributed by atoms with E-state index in [2.05, 4.69) is 13.8 Å². The lowest BCUT2D eigenvalue weighted by Crippen LogP contribution is -2.31. The van der Waals surface area contributed by atoms with Crippen LogP contribution in [-0.2, 0) is 4.79 Å². The lowest BCUT2D eigenvalue weighted by molar-refractivity contribution is -0.114. The Kier molecular flexibility index (Phi) is 0.799. The average Bonchev–Trinajstić information content (AvgIpc) is 2.77. The van der Waals surface area contributed by atoms with Gasteiger partial charge in [-0.3, -0.25) is 0 Å². The first-order chi connectivity index (χ1) is 5.21. The third-order valence-electron chi connectivity index (χ3n) is 4.78. The molecule has 0 saturated heterocycles.